The molecule has 9 aromatic rings. The van der Waals surface area contributed by atoms with Gasteiger partial charge in [0.25, 0.3) is 0 Å². The molecule has 0 aliphatic rings. The fourth-order valence-electron chi connectivity index (χ4n) is 8.63. The van der Waals surface area contributed by atoms with Crippen LogP contribution in [0.2, 0.25) is 0 Å². The first-order valence-electron chi connectivity index (χ1n) is 28.2. The molecule has 21 heteroatoms. The first-order chi connectivity index (χ1) is 41.5. The van der Waals surface area contributed by atoms with E-state index in [4.69, 9.17) is 20.3 Å². The largest absolute Gasteiger partial charge is 1.00 e. The summed E-state index contributed by atoms with van der Waals surface area (Å²) >= 11 is 0. The van der Waals surface area contributed by atoms with Crippen molar-refractivity contribution in [3.63, 3.8) is 0 Å². The fraction of sp³-hybridized carbons (Fsp3) is 0.239. The Kier molecular flexibility index (Phi) is 29.7. The molecule has 0 bridgehead atoms. The molecule has 0 aliphatic heterocycles. The molecule has 6 aromatic carbocycles. The number of benzene rings is 6. The van der Waals surface area contributed by atoms with Gasteiger partial charge in [0.1, 0.15) is 0 Å². The minimum Gasteiger partial charge on any atom is -0.870 e. The van der Waals surface area contributed by atoms with Crippen LogP contribution in [0.1, 0.15) is 115 Å². The van der Waals surface area contributed by atoms with Crippen LogP contribution in [0.3, 0.4) is 0 Å². The summed E-state index contributed by atoms with van der Waals surface area (Å²) in [6, 6.07) is 56.9. The number of carboxylic acids is 2. The SMILES string of the molecule is CCOC(=O)c1cc(C)nn1-c1cccc(CN)c1.CCOC(=O)c1cc(C)nn1-c1cccc(CNC(=O)CCc2ccccc2)c1.Cc1cc(C(=O)O)n(-c2cccc(CNC(=O)CCc3ccccc3)c2)n1.O=C(O)CCc1ccccc1.[Li+].[OH-]. The zero-order valence-corrected chi connectivity index (χ0v) is 50.5. The van der Waals surface area contributed by atoms with Crippen molar-refractivity contribution < 1.29 is 72.8 Å². The number of esters is 2. The van der Waals surface area contributed by atoms with E-state index in [1.54, 1.807) is 48.3 Å². The maximum Gasteiger partial charge on any atom is 1.00 e. The van der Waals surface area contributed by atoms with Gasteiger partial charge < -0.3 is 41.5 Å². The molecule has 3 aromatic heterocycles. The Balaban J connectivity index is 0.000000261. The van der Waals surface area contributed by atoms with Gasteiger partial charge in [-0.3, -0.25) is 14.4 Å². The van der Waals surface area contributed by atoms with Crippen LogP contribution >= 0.6 is 0 Å². The molecule has 88 heavy (non-hydrogen) atoms. The number of ether oxygens (including phenoxy) is 2. The number of carbonyl (C=O) groups excluding carboxylic acids is 4. The molecule has 2 amide bonds. The van der Waals surface area contributed by atoms with E-state index in [-0.39, 0.29) is 54.2 Å². The van der Waals surface area contributed by atoms with Crippen LogP contribution < -0.4 is 35.2 Å². The molecule has 0 unspecified atom stereocenters. The quantitative estimate of drug-likeness (QED) is 0.0335. The van der Waals surface area contributed by atoms with E-state index in [0.717, 1.165) is 56.1 Å². The minimum absolute atomic E-state index is 0. The van der Waals surface area contributed by atoms with Crippen LogP contribution in [0, 0.1) is 20.8 Å². The Morgan fingerprint density at radius 1 is 0.443 bits per heavy atom. The molecule has 20 nitrogen and oxygen atoms in total. The summed E-state index contributed by atoms with van der Waals surface area (Å²) in [4.78, 5) is 69.9. The van der Waals surface area contributed by atoms with Crippen LogP contribution in [0.4, 0.5) is 0 Å². The third-order valence-electron chi connectivity index (χ3n) is 12.8. The molecule has 0 atom stereocenters. The first-order valence-corrected chi connectivity index (χ1v) is 28.2. The van der Waals surface area contributed by atoms with E-state index in [2.05, 4.69) is 25.9 Å². The van der Waals surface area contributed by atoms with E-state index in [0.29, 0.717) is 87.7 Å². The van der Waals surface area contributed by atoms with Gasteiger partial charge in [-0.05, 0) is 142 Å². The summed E-state index contributed by atoms with van der Waals surface area (Å²) in [7, 11) is 0. The topological polar surface area (TPSA) is 295 Å². The van der Waals surface area contributed by atoms with Gasteiger partial charge in [-0.1, -0.05) is 127 Å². The van der Waals surface area contributed by atoms with E-state index < -0.39 is 17.9 Å². The van der Waals surface area contributed by atoms with Crippen molar-refractivity contribution >= 4 is 35.7 Å². The number of nitrogens with zero attached hydrogens (tertiary/aromatic N) is 6. The molecule has 3 heterocycles. The number of nitrogens with two attached hydrogens (primary N) is 1. The summed E-state index contributed by atoms with van der Waals surface area (Å²) in [5, 5.41) is 36.5. The number of nitrogens with one attached hydrogen (secondary N) is 2. The van der Waals surface area contributed by atoms with Crippen LogP contribution in [-0.2, 0) is 62.8 Å². The normalized spacial score (nSPS) is 10.2. The average molecular weight is 1190 g/mol. The van der Waals surface area contributed by atoms with Gasteiger partial charge in [-0.15, -0.1) is 0 Å². The van der Waals surface area contributed by atoms with Gasteiger partial charge >= 0.3 is 42.7 Å². The zero-order valence-electron chi connectivity index (χ0n) is 50.5. The number of carbonyl (C=O) groups is 6. The predicted molar refractivity (Wildman–Crippen MR) is 329 cm³/mol. The molecule has 7 N–H and O–H groups in total. The van der Waals surface area contributed by atoms with Crippen molar-refractivity contribution in [2.24, 2.45) is 5.73 Å². The van der Waals surface area contributed by atoms with Crippen molar-refractivity contribution in [1.29, 1.82) is 0 Å². The first kappa shape index (κ1) is 70.8. The van der Waals surface area contributed by atoms with Crippen molar-refractivity contribution in [2.75, 3.05) is 13.2 Å². The number of rotatable bonds is 22. The average Bonchev–Trinajstić information content (AvgIpc) is 3.21. The summed E-state index contributed by atoms with van der Waals surface area (Å²) < 4.78 is 14.7. The van der Waals surface area contributed by atoms with Gasteiger partial charge in [-0.2, -0.15) is 15.3 Å². The van der Waals surface area contributed by atoms with Gasteiger partial charge in [0.05, 0.1) is 47.4 Å². The van der Waals surface area contributed by atoms with Gasteiger partial charge in [-0.25, -0.2) is 28.4 Å². The van der Waals surface area contributed by atoms with E-state index in [1.807, 2.05) is 172 Å². The number of carboxylic acid groups (broad SMARTS) is 2. The number of aromatic nitrogens is 6. The number of amides is 2. The number of aromatic carboxylic acids is 1. The second kappa shape index (κ2) is 37.0. The minimum atomic E-state index is -1.03. The Morgan fingerprint density at radius 2 is 0.761 bits per heavy atom. The van der Waals surface area contributed by atoms with Crippen molar-refractivity contribution in [3.8, 4) is 17.1 Å². The summed E-state index contributed by atoms with van der Waals surface area (Å²) in [6.07, 6.45) is 3.10. The maximum atomic E-state index is 12.2. The maximum absolute atomic E-state index is 12.2. The van der Waals surface area contributed by atoms with Crippen LogP contribution in [0.25, 0.3) is 17.1 Å². The Morgan fingerprint density at radius 3 is 1.10 bits per heavy atom. The monoisotopic (exact) mass is 1190 g/mol. The van der Waals surface area contributed by atoms with Gasteiger partial charge in [0.15, 0.2) is 17.1 Å². The van der Waals surface area contributed by atoms with Gasteiger partial charge in [0.2, 0.25) is 11.8 Å². The van der Waals surface area contributed by atoms with Crippen molar-refractivity contribution in [1.82, 2.24) is 40.0 Å². The van der Waals surface area contributed by atoms with Crippen LogP contribution in [0.15, 0.2) is 182 Å². The smallest absolute Gasteiger partial charge is 0.870 e. The molecular weight excluding hydrogens is 1110 g/mol. The standard InChI is InChI=1S/C23H25N3O3.C21H21N3O3.C14H17N3O2.C9H10O2.Li.H2O/c1-3-29-23(28)21-14-17(2)25-26(21)20-11-7-10-19(15-20)16-24-22(27)13-12-18-8-5-4-6-9-18;1-15-12-19(21(26)27)24(23-15)18-9-5-8-17(13-18)14-22-20(25)11-10-16-6-3-2-4-7-16;1-3-19-14(18)13-7-10(2)16-17(13)12-6-4-5-11(8-12)9-15;10-9(11)7-6-8-4-2-1-3-5-8;;/h4-11,14-15H,3,12-13,16H2,1-2H3,(H,24,27);2-9,12-13H,10-11,14H2,1H3,(H,22,25)(H,26,27);4-8H,3,9,15H2,1-2H3;1-5H,6-7H2,(H,10,11);;1H2/q;;;;+1;/p-1. The third kappa shape index (κ3) is 22.9. The van der Waals surface area contributed by atoms with Crippen LogP contribution in [0.5, 0.6) is 0 Å². The molecule has 9 rings (SSSR count). The third-order valence-corrected chi connectivity index (χ3v) is 12.8. The molecule has 0 spiro atoms. The molecule has 0 fully saturated rings. The van der Waals surface area contributed by atoms with E-state index in [9.17, 15) is 33.9 Å². The van der Waals surface area contributed by atoms with E-state index >= 15 is 0 Å². The predicted octanol–water partition coefficient (Wildman–Crippen LogP) is 7.08. The molecule has 0 saturated carbocycles. The van der Waals surface area contributed by atoms with E-state index in [1.165, 1.54) is 10.7 Å². The fourth-order valence-corrected chi connectivity index (χ4v) is 8.63. The number of hydrogen-bond donors (Lipinski definition) is 5. The Bertz CT molecular complexity index is 3660. The molecular formula is C67H74LiN9O11. The molecule has 0 aliphatic carbocycles. The van der Waals surface area contributed by atoms with Crippen molar-refractivity contribution in [2.45, 2.75) is 92.8 Å². The summed E-state index contributed by atoms with van der Waals surface area (Å²) in [5.74, 6) is -2.58. The molecule has 0 radical (unpaired) electrons. The second-order valence-corrected chi connectivity index (χ2v) is 19.6. The number of hydrogen-bond acceptors (Lipinski definition) is 13. The second-order valence-electron chi connectivity index (χ2n) is 19.6. The summed E-state index contributed by atoms with van der Waals surface area (Å²) in [5.41, 5.74) is 17.0. The Hall–Kier alpha value is -9.71. The molecule has 454 valence electrons. The van der Waals surface area contributed by atoms with Gasteiger partial charge in [0, 0.05) is 38.9 Å². The zero-order chi connectivity index (χ0) is 61.8. The molecule has 0 saturated heterocycles. The number of aryl methyl sites for hydroxylation is 6. The Labute approximate surface area is 524 Å². The number of aliphatic carboxylic acids is 1. The van der Waals surface area contributed by atoms with Crippen LogP contribution in [-0.4, -0.2) is 93.9 Å². The van der Waals surface area contributed by atoms with Crippen molar-refractivity contribution in [3.05, 3.63) is 250 Å². The summed E-state index contributed by atoms with van der Waals surface area (Å²) in [6.45, 7) is 10.8.